The molecule has 1 aromatic carbocycles. The van der Waals surface area contributed by atoms with E-state index in [-0.39, 0.29) is 18.3 Å². The number of aromatic hydroxyl groups is 1. The van der Waals surface area contributed by atoms with E-state index in [4.69, 9.17) is 15.2 Å². The molecule has 0 aliphatic rings. The van der Waals surface area contributed by atoms with Gasteiger partial charge in [-0.15, -0.1) is 0 Å². The molecule has 0 saturated carbocycles. The predicted octanol–water partition coefficient (Wildman–Crippen LogP) is 0.335. The first-order chi connectivity index (χ1) is 9.08. The molecular weight excluding hydrogens is 248 g/mol. The minimum absolute atomic E-state index is 0.0168. The predicted molar refractivity (Wildman–Crippen MR) is 71.0 cm³/mol. The van der Waals surface area contributed by atoms with Crippen LogP contribution in [0, 0.1) is 0 Å². The van der Waals surface area contributed by atoms with Crippen molar-refractivity contribution in [1.82, 2.24) is 4.90 Å². The molecule has 0 aromatic heterocycles. The second-order valence-electron chi connectivity index (χ2n) is 4.10. The van der Waals surface area contributed by atoms with Crippen molar-refractivity contribution in [3.8, 4) is 11.5 Å². The van der Waals surface area contributed by atoms with Crippen LogP contribution in [0.2, 0.25) is 0 Å². The Hall–Kier alpha value is -1.79. The minimum Gasteiger partial charge on any atom is -0.504 e. The lowest BCUT2D eigenvalue weighted by Crippen LogP contribution is -2.30. The van der Waals surface area contributed by atoms with Gasteiger partial charge in [-0.3, -0.25) is 4.79 Å². The third-order valence-electron chi connectivity index (χ3n) is 2.58. The van der Waals surface area contributed by atoms with Crippen LogP contribution in [0.4, 0.5) is 0 Å². The molecular formula is C13H20N2O4. The topological polar surface area (TPSA) is 85.0 Å². The Labute approximate surface area is 112 Å². The first-order valence-corrected chi connectivity index (χ1v) is 5.96. The lowest BCUT2D eigenvalue weighted by atomic mass is 10.2. The van der Waals surface area contributed by atoms with Crippen molar-refractivity contribution >= 4 is 5.91 Å². The van der Waals surface area contributed by atoms with E-state index < -0.39 is 0 Å². The van der Waals surface area contributed by atoms with Gasteiger partial charge < -0.3 is 25.2 Å². The molecule has 0 aliphatic heterocycles. The van der Waals surface area contributed by atoms with E-state index in [1.165, 1.54) is 13.2 Å². The van der Waals surface area contributed by atoms with Crippen LogP contribution in [0.5, 0.6) is 11.5 Å². The Morgan fingerprint density at radius 1 is 1.47 bits per heavy atom. The highest BCUT2D eigenvalue weighted by Gasteiger charge is 2.10. The molecule has 19 heavy (non-hydrogen) atoms. The highest BCUT2D eigenvalue weighted by molar-refractivity contribution is 5.77. The van der Waals surface area contributed by atoms with E-state index in [1.807, 2.05) is 0 Å². The van der Waals surface area contributed by atoms with Gasteiger partial charge in [0.2, 0.25) is 5.91 Å². The van der Waals surface area contributed by atoms with E-state index >= 15 is 0 Å². The number of hydrogen-bond acceptors (Lipinski definition) is 5. The fraction of sp³-hybridized carbons (Fsp3) is 0.462. The molecule has 3 N–H and O–H groups in total. The van der Waals surface area contributed by atoms with Crippen LogP contribution >= 0.6 is 0 Å². The van der Waals surface area contributed by atoms with Crippen LogP contribution in [0.15, 0.2) is 18.2 Å². The van der Waals surface area contributed by atoms with E-state index in [9.17, 15) is 9.90 Å². The van der Waals surface area contributed by atoms with Gasteiger partial charge in [0.1, 0.15) is 6.61 Å². The van der Waals surface area contributed by atoms with Gasteiger partial charge in [-0.2, -0.15) is 0 Å². The van der Waals surface area contributed by atoms with Crippen LogP contribution in [0.3, 0.4) is 0 Å². The molecule has 0 atom stereocenters. The minimum atomic E-state index is -0.125. The van der Waals surface area contributed by atoms with Crippen molar-refractivity contribution in [3.05, 3.63) is 23.8 Å². The van der Waals surface area contributed by atoms with Gasteiger partial charge >= 0.3 is 0 Å². The number of rotatable bonds is 7. The number of carbonyl (C=O) groups is 1. The zero-order chi connectivity index (χ0) is 14.3. The van der Waals surface area contributed by atoms with Gasteiger partial charge in [0.15, 0.2) is 11.5 Å². The monoisotopic (exact) mass is 268 g/mol. The molecule has 6 heteroatoms. The zero-order valence-electron chi connectivity index (χ0n) is 11.3. The second-order valence-corrected chi connectivity index (χ2v) is 4.10. The fourth-order valence-corrected chi connectivity index (χ4v) is 1.54. The molecule has 106 valence electrons. The molecule has 1 amide bonds. The van der Waals surface area contributed by atoms with Crippen molar-refractivity contribution in [2.24, 2.45) is 5.73 Å². The van der Waals surface area contributed by atoms with Gasteiger partial charge in [-0.1, -0.05) is 6.07 Å². The maximum atomic E-state index is 11.7. The summed E-state index contributed by atoms with van der Waals surface area (Å²) >= 11 is 0. The Morgan fingerprint density at radius 2 is 2.21 bits per heavy atom. The van der Waals surface area contributed by atoms with Crippen molar-refractivity contribution < 1.29 is 19.4 Å². The third-order valence-corrected chi connectivity index (χ3v) is 2.58. The normalized spacial score (nSPS) is 10.3. The summed E-state index contributed by atoms with van der Waals surface area (Å²) in [6.07, 6.45) is 0. The Bertz CT molecular complexity index is 423. The highest BCUT2D eigenvalue weighted by Crippen LogP contribution is 2.26. The van der Waals surface area contributed by atoms with Crippen LogP contribution in [-0.4, -0.2) is 49.8 Å². The summed E-state index contributed by atoms with van der Waals surface area (Å²) < 4.78 is 10.1. The Balaban J connectivity index is 2.56. The molecule has 0 saturated heterocycles. The van der Waals surface area contributed by atoms with Gasteiger partial charge in [-0.05, 0) is 17.7 Å². The number of nitrogens with two attached hydrogens (primary N) is 1. The summed E-state index contributed by atoms with van der Waals surface area (Å²) in [5.41, 5.74) is 6.14. The van der Waals surface area contributed by atoms with E-state index in [1.54, 1.807) is 24.1 Å². The number of nitrogens with zero attached hydrogens (tertiary/aromatic N) is 1. The first-order valence-electron chi connectivity index (χ1n) is 5.96. The van der Waals surface area contributed by atoms with Crippen molar-refractivity contribution in [2.75, 3.05) is 33.9 Å². The van der Waals surface area contributed by atoms with E-state index in [0.29, 0.717) is 25.4 Å². The largest absolute Gasteiger partial charge is 0.504 e. The molecule has 1 aromatic rings. The average molecular weight is 268 g/mol. The molecule has 6 nitrogen and oxygen atoms in total. The number of amides is 1. The van der Waals surface area contributed by atoms with Gasteiger partial charge in [0, 0.05) is 20.1 Å². The summed E-state index contributed by atoms with van der Waals surface area (Å²) in [5, 5.41) is 9.48. The third kappa shape index (κ3) is 4.76. The maximum absolute atomic E-state index is 11.7. The maximum Gasteiger partial charge on any atom is 0.248 e. The molecule has 0 fully saturated rings. The fourth-order valence-electron chi connectivity index (χ4n) is 1.54. The van der Waals surface area contributed by atoms with Crippen LogP contribution in [0.25, 0.3) is 0 Å². The molecule has 0 spiro atoms. The smallest absolute Gasteiger partial charge is 0.248 e. The number of phenolic OH excluding ortho intramolecular Hbond substituents is 1. The Kier molecular flexibility index (Phi) is 6.11. The molecule has 0 heterocycles. The molecule has 1 rings (SSSR count). The van der Waals surface area contributed by atoms with Gasteiger partial charge in [0.25, 0.3) is 0 Å². The van der Waals surface area contributed by atoms with Gasteiger partial charge in [-0.25, -0.2) is 0 Å². The number of hydrogen-bond donors (Lipinski definition) is 2. The summed E-state index contributed by atoms with van der Waals surface area (Å²) in [6.45, 7) is 1.20. The SMILES string of the molecule is COc1cc(CN(C)C(=O)COCCN)ccc1O. The number of phenols is 1. The first kappa shape index (κ1) is 15.3. The van der Waals surface area contributed by atoms with Crippen molar-refractivity contribution in [2.45, 2.75) is 6.54 Å². The Morgan fingerprint density at radius 3 is 2.84 bits per heavy atom. The summed E-state index contributed by atoms with van der Waals surface area (Å²) in [6, 6.07) is 4.97. The summed E-state index contributed by atoms with van der Waals surface area (Å²) in [5.74, 6) is 0.338. The second kappa shape index (κ2) is 7.60. The van der Waals surface area contributed by atoms with Crippen LogP contribution in [0.1, 0.15) is 5.56 Å². The number of methoxy groups -OCH3 is 1. The van der Waals surface area contributed by atoms with E-state index in [0.717, 1.165) is 5.56 Å². The molecule has 0 aliphatic carbocycles. The standard InChI is InChI=1S/C13H20N2O4/c1-15(13(17)9-19-6-5-14)8-10-3-4-11(16)12(7-10)18-2/h3-4,7,16H,5-6,8-9,14H2,1-2H3. The van der Waals surface area contributed by atoms with Crippen LogP contribution < -0.4 is 10.5 Å². The quantitative estimate of drug-likeness (QED) is 0.696. The number of carbonyl (C=O) groups excluding carboxylic acids is 1. The molecule has 0 unspecified atom stereocenters. The number of benzene rings is 1. The lowest BCUT2D eigenvalue weighted by Gasteiger charge is -2.17. The van der Waals surface area contributed by atoms with Crippen molar-refractivity contribution in [1.29, 1.82) is 0 Å². The van der Waals surface area contributed by atoms with E-state index in [2.05, 4.69) is 0 Å². The van der Waals surface area contributed by atoms with Gasteiger partial charge in [0.05, 0.1) is 13.7 Å². The molecule has 0 radical (unpaired) electrons. The highest BCUT2D eigenvalue weighted by atomic mass is 16.5. The zero-order valence-corrected chi connectivity index (χ0v) is 11.3. The summed E-state index contributed by atoms with van der Waals surface area (Å²) in [4.78, 5) is 13.3. The molecule has 0 bridgehead atoms. The number of ether oxygens (including phenoxy) is 2. The van der Waals surface area contributed by atoms with Crippen LogP contribution in [-0.2, 0) is 16.1 Å². The number of likely N-dealkylation sites (N-methyl/N-ethyl adjacent to an activating group) is 1. The van der Waals surface area contributed by atoms with Crippen molar-refractivity contribution in [3.63, 3.8) is 0 Å². The lowest BCUT2D eigenvalue weighted by molar-refractivity contribution is -0.135. The average Bonchev–Trinajstić information content (AvgIpc) is 2.41. The summed E-state index contributed by atoms with van der Waals surface area (Å²) in [7, 11) is 3.17.